The predicted molar refractivity (Wildman–Crippen MR) is 79.1 cm³/mol. The number of ether oxygens (including phenoxy) is 1. The number of hydrogen-bond donors (Lipinski definition) is 1. The predicted octanol–water partition coefficient (Wildman–Crippen LogP) is 1.84. The third-order valence-corrected chi connectivity index (χ3v) is 4.00. The van der Waals surface area contributed by atoms with Gasteiger partial charge in [-0.05, 0) is 18.1 Å². The molecule has 2 atom stereocenters. The second-order valence-corrected chi connectivity index (χ2v) is 5.58. The summed E-state index contributed by atoms with van der Waals surface area (Å²) in [4.78, 5) is 13.1. The summed E-state index contributed by atoms with van der Waals surface area (Å²) in [6.45, 7) is 2.61. The summed E-state index contributed by atoms with van der Waals surface area (Å²) in [5, 5.41) is 0. The molecule has 0 amide bonds. The molecular weight excluding hydrogens is 298 g/mol. The zero-order chi connectivity index (χ0) is 15.7. The minimum Gasteiger partial charge on any atom is -0.469 e. The fraction of sp³-hybridized carbons (Fsp3) is 0.429. The van der Waals surface area contributed by atoms with Crippen LogP contribution in [0.1, 0.15) is 12.5 Å². The van der Waals surface area contributed by atoms with Gasteiger partial charge in [-0.15, -0.1) is 0 Å². The van der Waals surface area contributed by atoms with Gasteiger partial charge in [0.15, 0.2) is 11.6 Å². The van der Waals surface area contributed by atoms with Crippen LogP contribution in [0.2, 0.25) is 0 Å². The molecule has 0 radical (unpaired) electrons. The summed E-state index contributed by atoms with van der Waals surface area (Å²) in [7, 11) is 1.31. The molecular formula is C14H16F2N2O2S. The minimum absolute atomic E-state index is 0.00447. The van der Waals surface area contributed by atoms with Gasteiger partial charge in [0.25, 0.3) is 0 Å². The Morgan fingerprint density at radius 1 is 1.38 bits per heavy atom. The molecule has 0 aromatic heterocycles. The number of carbonyl (C=O) groups is 1. The van der Waals surface area contributed by atoms with Crippen molar-refractivity contribution < 1.29 is 18.3 Å². The van der Waals surface area contributed by atoms with E-state index in [0.717, 1.165) is 0 Å². The monoisotopic (exact) mass is 314 g/mol. The maximum absolute atomic E-state index is 14.2. The fourth-order valence-electron chi connectivity index (χ4n) is 2.60. The van der Waals surface area contributed by atoms with Gasteiger partial charge in [-0.2, -0.15) is 0 Å². The number of nitrogens with zero attached hydrogens (tertiary/aromatic N) is 1. The Balaban J connectivity index is 2.30. The van der Waals surface area contributed by atoms with Crippen molar-refractivity contribution >= 4 is 28.9 Å². The average Bonchev–Trinajstić information content (AvgIpc) is 2.82. The summed E-state index contributed by atoms with van der Waals surface area (Å²) < 4.78 is 32.8. The van der Waals surface area contributed by atoms with Crippen LogP contribution in [-0.2, 0) is 9.53 Å². The van der Waals surface area contributed by atoms with Crippen molar-refractivity contribution in [2.75, 3.05) is 25.1 Å². The Hall–Kier alpha value is -1.76. The smallest absolute Gasteiger partial charge is 0.310 e. The van der Waals surface area contributed by atoms with Crippen molar-refractivity contribution in [2.45, 2.75) is 6.92 Å². The number of benzene rings is 1. The number of halogens is 2. The van der Waals surface area contributed by atoms with Gasteiger partial charge in [0.05, 0.1) is 18.7 Å². The van der Waals surface area contributed by atoms with Crippen LogP contribution in [-0.4, -0.2) is 31.2 Å². The largest absolute Gasteiger partial charge is 0.469 e. The Bertz CT molecular complexity index is 595. The van der Waals surface area contributed by atoms with E-state index >= 15 is 0 Å². The average molecular weight is 314 g/mol. The first kappa shape index (κ1) is 15.6. The van der Waals surface area contributed by atoms with E-state index in [4.69, 9.17) is 10.5 Å². The van der Waals surface area contributed by atoms with Crippen LogP contribution in [0.4, 0.5) is 14.5 Å². The third kappa shape index (κ3) is 2.83. The zero-order valence-electron chi connectivity index (χ0n) is 11.7. The zero-order valence-corrected chi connectivity index (χ0v) is 12.5. The molecule has 2 unspecified atom stereocenters. The highest BCUT2D eigenvalue weighted by Gasteiger charge is 2.37. The van der Waals surface area contributed by atoms with Gasteiger partial charge >= 0.3 is 5.97 Å². The number of esters is 1. The molecule has 114 valence electrons. The van der Waals surface area contributed by atoms with Crippen molar-refractivity contribution in [1.82, 2.24) is 0 Å². The van der Waals surface area contributed by atoms with Crippen molar-refractivity contribution in [1.29, 1.82) is 0 Å². The van der Waals surface area contributed by atoms with Crippen molar-refractivity contribution in [3.63, 3.8) is 0 Å². The van der Waals surface area contributed by atoms with Gasteiger partial charge in [0.1, 0.15) is 4.99 Å². The number of hydrogen-bond acceptors (Lipinski definition) is 4. The number of thiocarbonyl (C=S) groups is 1. The standard InChI is InChI=1S/C14H16F2N2O2S/c1-7-5-18(6-9(7)14(19)20-2)10-4-3-8(13(17)21)11(15)12(10)16/h3-4,7,9H,5-6H2,1-2H3,(H2,17,21). The van der Waals surface area contributed by atoms with Crippen molar-refractivity contribution in [3.8, 4) is 0 Å². The normalized spacial score (nSPS) is 21.4. The third-order valence-electron chi connectivity index (χ3n) is 3.78. The molecule has 1 aromatic carbocycles. The molecule has 0 bridgehead atoms. The number of anilines is 1. The van der Waals surface area contributed by atoms with E-state index in [9.17, 15) is 13.6 Å². The van der Waals surface area contributed by atoms with Crippen LogP contribution in [0.25, 0.3) is 0 Å². The molecule has 2 N–H and O–H groups in total. The quantitative estimate of drug-likeness (QED) is 0.681. The Labute approximate surface area is 126 Å². The van der Waals surface area contributed by atoms with Gasteiger partial charge < -0.3 is 15.4 Å². The van der Waals surface area contributed by atoms with Crippen LogP contribution < -0.4 is 10.6 Å². The lowest BCUT2D eigenvalue weighted by Gasteiger charge is -2.20. The molecule has 7 heteroatoms. The SMILES string of the molecule is COC(=O)C1CN(c2ccc(C(N)=S)c(F)c2F)CC1C. The molecule has 1 aliphatic rings. The van der Waals surface area contributed by atoms with E-state index in [-0.39, 0.29) is 40.6 Å². The van der Waals surface area contributed by atoms with Crippen LogP contribution in [0.5, 0.6) is 0 Å². The lowest BCUT2D eigenvalue weighted by molar-refractivity contribution is -0.145. The summed E-state index contributed by atoms with van der Waals surface area (Å²) in [5.41, 5.74) is 5.32. The maximum atomic E-state index is 14.2. The first-order chi connectivity index (χ1) is 9.86. The summed E-state index contributed by atoms with van der Waals surface area (Å²) in [6.07, 6.45) is 0. The van der Waals surface area contributed by atoms with E-state index in [1.807, 2.05) is 6.92 Å². The van der Waals surface area contributed by atoms with Crippen LogP contribution >= 0.6 is 12.2 Å². The first-order valence-corrected chi connectivity index (χ1v) is 6.88. The highest BCUT2D eigenvalue weighted by Crippen LogP contribution is 2.32. The second-order valence-electron chi connectivity index (χ2n) is 5.14. The molecule has 1 aliphatic heterocycles. The molecule has 1 saturated heterocycles. The summed E-state index contributed by atoms with van der Waals surface area (Å²) in [6, 6.07) is 2.78. The lowest BCUT2D eigenvalue weighted by Crippen LogP contribution is -2.25. The molecule has 1 heterocycles. The Kier molecular flexibility index (Phi) is 4.41. The molecule has 2 rings (SSSR count). The van der Waals surface area contributed by atoms with Crippen LogP contribution in [0, 0.1) is 23.5 Å². The Morgan fingerprint density at radius 2 is 2.05 bits per heavy atom. The van der Waals surface area contributed by atoms with Crippen LogP contribution in [0.3, 0.4) is 0 Å². The lowest BCUT2D eigenvalue weighted by atomic mass is 9.99. The maximum Gasteiger partial charge on any atom is 0.310 e. The van der Waals surface area contributed by atoms with Gasteiger partial charge in [0.2, 0.25) is 0 Å². The number of carbonyl (C=O) groups excluding carboxylic acids is 1. The summed E-state index contributed by atoms with van der Waals surface area (Å²) >= 11 is 4.67. The topological polar surface area (TPSA) is 55.6 Å². The molecule has 1 fully saturated rings. The van der Waals surface area contributed by atoms with Crippen molar-refractivity contribution in [3.05, 3.63) is 29.3 Å². The first-order valence-electron chi connectivity index (χ1n) is 6.47. The van der Waals surface area contributed by atoms with E-state index in [1.165, 1.54) is 19.2 Å². The van der Waals surface area contributed by atoms with Crippen molar-refractivity contribution in [2.24, 2.45) is 17.6 Å². The van der Waals surface area contributed by atoms with E-state index in [0.29, 0.717) is 6.54 Å². The van der Waals surface area contributed by atoms with E-state index in [2.05, 4.69) is 12.2 Å². The molecule has 0 aliphatic carbocycles. The Morgan fingerprint density at radius 3 is 2.62 bits per heavy atom. The fourth-order valence-corrected chi connectivity index (χ4v) is 2.75. The van der Waals surface area contributed by atoms with Gasteiger partial charge in [-0.25, -0.2) is 8.78 Å². The highest BCUT2D eigenvalue weighted by atomic mass is 32.1. The minimum atomic E-state index is -1.06. The van der Waals surface area contributed by atoms with E-state index in [1.54, 1.807) is 4.90 Å². The number of methoxy groups -OCH3 is 1. The van der Waals surface area contributed by atoms with Gasteiger partial charge in [-0.3, -0.25) is 4.79 Å². The highest BCUT2D eigenvalue weighted by molar-refractivity contribution is 7.80. The molecule has 0 saturated carbocycles. The summed E-state index contributed by atoms with van der Waals surface area (Å²) in [5.74, 6) is -2.76. The number of rotatable bonds is 3. The van der Waals surface area contributed by atoms with Gasteiger partial charge in [-0.1, -0.05) is 19.1 Å². The van der Waals surface area contributed by atoms with Crippen LogP contribution in [0.15, 0.2) is 12.1 Å². The molecule has 4 nitrogen and oxygen atoms in total. The second kappa shape index (κ2) is 5.93. The molecule has 1 aromatic rings. The van der Waals surface area contributed by atoms with Gasteiger partial charge in [0, 0.05) is 18.7 Å². The molecule has 21 heavy (non-hydrogen) atoms. The van der Waals surface area contributed by atoms with E-state index < -0.39 is 11.6 Å². The number of nitrogens with two attached hydrogens (primary N) is 1. The molecule has 0 spiro atoms.